The minimum atomic E-state index is -0.502. The molecule has 0 fully saturated rings. The molecule has 3 aromatic carbocycles. The lowest BCUT2D eigenvalue weighted by Crippen LogP contribution is -2.28. The van der Waals surface area contributed by atoms with E-state index in [9.17, 15) is 14.0 Å². The minimum Gasteiger partial charge on any atom is -0.436 e. The van der Waals surface area contributed by atoms with Crippen molar-refractivity contribution in [3.05, 3.63) is 94.7 Å². The number of nitrogens with zero attached hydrogens (tertiary/aromatic N) is 4. The van der Waals surface area contributed by atoms with Crippen LogP contribution in [0, 0.1) is 5.82 Å². The molecular weight excluding hydrogens is 461 g/mol. The number of hydrogen-bond acceptors (Lipinski definition) is 5. The summed E-state index contributed by atoms with van der Waals surface area (Å²) in [5, 5.41) is 7.16. The van der Waals surface area contributed by atoms with Crippen LogP contribution < -0.4 is 15.7 Å². The van der Waals surface area contributed by atoms with Crippen molar-refractivity contribution in [3.63, 3.8) is 0 Å². The van der Waals surface area contributed by atoms with Crippen LogP contribution in [0.15, 0.2) is 77.6 Å². The van der Waals surface area contributed by atoms with Crippen molar-refractivity contribution in [1.82, 2.24) is 19.2 Å². The summed E-state index contributed by atoms with van der Waals surface area (Å²) in [6.45, 7) is 1.86. The van der Waals surface area contributed by atoms with Gasteiger partial charge >= 0.3 is 5.69 Å². The Kier molecular flexibility index (Phi) is 6.44. The Morgan fingerprint density at radius 1 is 1.03 bits per heavy atom. The van der Waals surface area contributed by atoms with E-state index in [2.05, 4.69) is 22.3 Å². The molecule has 2 aromatic heterocycles. The average molecular weight is 486 g/mol. The van der Waals surface area contributed by atoms with Crippen LogP contribution in [0.4, 0.5) is 10.1 Å². The fourth-order valence-corrected chi connectivity index (χ4v) is 3.93. The van der Waals surface area contributed by atoms with Crippen LogP contribution in [0.5, 0.6) is 11.6 Å². The van der Waals surface area contributed by atoms with Gasteiger partial charge in [0.1, 0.15) is 18.1 Å². The second-order valence-electron chi connectivity index (χ2n) is 8.41. The van der Waals surface area contributed by atoms with Crippen LogP contribution in [0.2, 0.25) is 0 Å². The van der Waals surface area contributed by atoms with Gasteiger partial charge in [0.25, 0.3) is 5.88 Å². The third kappa shape index (κ3) is 4.81. The monoisotopic (exact) mass is 485 g/mol. The lowest BCUT2D eigenvalue weighted by molar-refractivity contribution is -0.117. The largest absolute Gasteiger partial charge is 0.436 e. The number of amides is 1. The van der Waals surface area contributed by atoms with Gasteiger partial charge in [0.05, 0.1) is 11.0 Å². The van der Waals surface area contributed by atoms with Gasteiger partial charge in [0.15, 0.2) is 0 Å². The van der Waals surface area contributed by atoms with E-state index in [0.29, 0.717) is 22.5 Å². The van der Waals surface area contributed by atoms with Crippen LogP contribution in [0.3, 0.4) is 0 Å². The number of hydrogen-bond donors (Lipinski definition) is 1. The maximum Gasteiger partial charge on any atom is 0.351 e. The first kappa shape index (κ1) is 23.2. The molecule has 5 rings (SSSR count). The number of aryl methyl sites for hydroxylation is 1. The molecule has 0 saturated heterocycles. The summed E-state index contributed by atoms with van der Waals surface area (Å²) < 4.78 is 21.6. The summed E-state index contributed by atoms with van der Waals surface area (Å²) in [6.07, 6.45) is 3.22. The Bertz CT molecular complexity index is 1590. The highest BCUT2D eigenvalue weighted by atomic mass is 19.1. The van der Waals surface area contributed by atoms with Gasteiger partial charge in [-0.1, -0.05) is 37.6 Å². The zero-order chi connectivity index (χ0) is 25.1. The number of carbonyl (C=O) groups excluding carboxylic acids is 1. The summed E-state index contributed by atoms with van der Waals surface area (Å²) >= 11 is 0. The van der Waals surface area contributed by atoms with Gasteiger partial charge in [-0.2, -0.15) is 0 Å². The molecule has 0 aliphatic carbocycles. The first-order valence-electron chi connectivity index (χ1n) is 11.7. The van der Waals surface area contributed by atoms with E-state index < -0.39 is 11.5 Å². The Balaban J connectivity index is 1.45. The lowest BCUT2D eigenvalue weighted by Gasteiger charge is -2.07. The molecule has 2 heterocycles. The van der Waals surface area contributed by atoms with Crippen LogP contribution in [0.1, 0.15) is 25.3 Å². The highest BCUT2D eigenvalue weighted by molar-refractivity contribution is 5.90. The van der Waals surface area contributed by atoms with Crippen LogP contribution in [0.25, 0.3) is 16.7 Å². The number of anilines is 1. The highest BCUT2D eigenvalue weighted by Crippen LogP contribution is 2.26. The lowest BCUT2D eigenvalue weighted by atomic mass is 10.1. The smallest absolute Gasteiger partial charge is 0.351 e. The molecule has 36 heavy (non-hydrogen) atoms. The van der Waals surface area contributed by atoms with Gasteiger partial charge in [0.2, 0.25) is 11.6 Å². The van der Waals surface area contributed by atoms with Gasteiger partial charge in [-0.25, -0.2) is 23.3 Å². The molecule has 5 aromatic rings. The molecule has 0 aliphatic heterocycles. The standard InChI is InChI=1S/C27H24FN5O3/c1-2-3-6-18-9-13-20(14-10-18)29-24(34)17-32-27(35)33-23-8-5-4-7-22(23)30-26(25(33)31-32)36-21-15-11-19(28)12-16-21/h4-5,7-16H,2-3,6,17H2,1H3,(H,29,34). The Morgan fingerprint density at radius 2 is 1.78 bits per heavy atom. The van der Waals surface area contributed by atoms with Crippen molar-refractivity contribution >= 4 is 28.3 Å². The van der Waals surface area contributed by atoms with E-state index in [1.54, 1.807) is 24.3 Å². The Morgan fingerprint density at radius 3 is 2.53 bits per heavy atom. The van der Waals surface area contributed by atoms with Gasteiger partial charge in [-0.05, 0) is 66.9 Å². The number of aromatic nitrogens is 4. The van der Waals surface area contributed by atoms with Gasteiger partial charge in [-0.3, -0.25) is 4.79 Å². The summed E-state index contributed by atoms with van der Waals surface area (Å²) in [4.78, 5) is 30.5. The predicted octanol–water partition coefficient (Wildman–Crippen LogP) is 4.96. The number of rotatable bonds is 8. The van der Waals surface area contributed by atoms with Crippen molar-refractivity contribution in [3.8, 4) is 11.6 Å². The summed E-state index contributed by atoms with van der Waals surface area (Å²) in [5.41, 5.74) is 2.53. The second kappa shape index (κ2) is 9.99. The van der Waals surface area contributed by atoms with Crippen LogP contribution >= 0.6 is 0 Å². The van der Waals surface area contributed by atoms with E-state index in [4.69, 9.17) is 4.74 Å². The molecule has 182 valence electrons. The van der Waals surface area contributed by atoms with Crippen LogP contribution in [-0.4, -0.2) is 25.1 Å². The normalized spacial score (nSPS) is 11.2. The van der Waals surface area contributed by atoms with E-state index in [-0.39, 0.29) is 24.0 Å². The second-order valence-corrected chi connectivity index (χ2v) is 8.41. The quantitative estimate of drug-likeness (QED) is 0.336. The Hall–Kier alpha value is -4.53. The number of nitrogens with one attached hydrogen (secondary N) is 1. The summed E-state index contributed by atoms with van der Waals surface area (Å²) in [7, 11) is 0. The fourth-order valence-electron chi connectivity index (χ4n) is 3.93. The number of fused-ring (bicyclic) bond motifs is 3. The summed E-state index contributed by atoms with van der Waals surface area (Å²) in [5.74, 6) is -0.386. The van der Waals surface area contributed by atoms with E-state index in [1.807, 2.05) is 24.3 Å². The van der Waals surface area contributed by atoms with Crippen molar-refractivity contribution in [2.24, 2.45) is 0 Å². The van der Waals surface area contributed by atoms with Crippen molar-refractivity contribution in [2.45, 2.75) is 32.7 Å². The van der Waals surface area contributed by atoms with Gasteiger partial charge in [0, 0.05) is 5.69 Å². The first-order chi connectivity index (χ1) is 17.5. The number of ether oxygens (including phenoxy) is 1. The molecule has 1 N–H and O–H groups in total. The molecule has 0 saturated carbocycles. The van der Waals surface area contributed by atoms with Crippen molar-refractivity contribution in [1.29, 1.82) is 0 Å². The molecule has 8 nitrogen and oxygen atoms in total. The zero-order valence-corrected chi connectivity index (χ0v) is 19.6. The molecule has 9 heteroatoms. The highest BCUT2D eigenvalue weighted by Gasteiger charge is 2.19. The maximum absolute atomic E-state index is 13.3. The Labute approximate surface area is 206 Å². The number of halogens is 1. The van der Waals surface area contributed by atoms with Crippen LogP contribution in [-0.2, 0) is 17.8 Å². The third-order valence-corrected chi connectivity index (χ3v) is 5.75. The average Bonchev–Trinajstić information content (AvgIpc) is 3.21. The minimum absolute atomic E-state index is 0.0687. The first-order valence-corrected chi connectivity index (χ1v) is 11.7. The number of unbranched alkanes of at least 4 members (excludes halogenated alkanes) is 1. The third-order valence-electron chi connectivity index (χ3n) is 5.75. The van der Waals surface area contributed by atoms with E-state index in [1.165, 1.54) is 34.2 Å². The zero-order valence-electron chi connectivity index (χ0n) is 19.6. The molecule has 1 amide bonds. The number of para-hydroxylation sites is 2. The molecule has 0 bridgehead atoms. The topological polar surface area (TPSA) is 90.5 Å². The van der Waals surface area contributed by atoms with Crippen molar-refractivity contribution < 1.29 is 13.9 Å². The number of benzene rings is 3. The predicted molar refractivity (Wildman–Crippen MR) is 135 cm³/mol. The molecule has 0 unspecified atom stereocenters. The van der Waals surface area contributed by atoms with Gasteiger partial charge < -0.3 is 10.1 Å². The fraction of sp³-hybridized carbons (Fsp3) is 0.185. The van der Waals surface area contributed by atoms with E-state index >= 15 is 0 Å². The molecule has 0 spiro atoms. The van der Waals surface area contributed by atoms with E-state index in [0.717, 1.165) is 23.9 Å². The molecule has 0 radical (unpaired) electrons. The molecule has 0 aliphatic rings. The SMILES string of the molecule is CCCCc1ccc(NC(=O)Cn2nc3c(Oc4ccc(F)cc4)nc4ccccc4n3c2=O)cc1. The molecular formula is C27H24FN5O3. The number of carbonyl (C=O) groups is 1. The summed E-state index contributed by atoms with van der Waals surface area (Å²) in [6, 6.07) is 20.2. The maximum atomic E-state index is 13.3. The van der Waals surface area contributed by atoms with Gasteiger partial charge in [-0.15, -0.1) is 5.10 Å². The molecule has 0 atom stereocenters. The van der Waals surface area contributed by atoms with Crippen molar-refractivity contribution in [2.75, 3.05) is 5.32 Å².